The van der Waals surface area contributed by atoms with E-state index in [9.17, 15) is 4.79 Å². The van der Waals surface area contributed by atoms with E-state index in [4.69, 9.17) is 0 Å². The SMILES string of the molecule is CNC(=O)C1CCCCC1.Cc1cc(C)ncn1. The maximum Gasteiger partial charge on any atom is 0.222 e. The average molecular weight is 249 g/mol. The molecule has 0 spiro atoms. The Labute approximate surface area is 109 Å². The van der Waals surface area contributed by atoms with Crippen LogP contribution in [0.2, 0.25) is 0 Å². The lowest BCUT2D eigenvalue weighted by Gasteiger charge is -2.19. The Hall–Kier alpha value is -1.45. The molecule has 0 aromatic carbocycles. The molecule has 0 bridgehead atoms. The zero-order valence-electron chi connectivity index (χ0n) is 11.6. The summed E-state index contributed by atoms with van der Waals surface area (Å²) < 4.78 is 0. The molecule has 4 nitrogen and oxygen atoms in total. The van der Waals surface area contributed by atoms with E-state index in [0.29, 0.717) is 5.92 Å². The van der Waals surface area contributed by atoms with Gasteiger partial charge in [0.15, 0.2) is 0 Å². The van der Waals surface area contributed by atoms with Crippen molar-refractivity contribution in [1.29, 1.82) is 0 Å². The number of nitrogens with zero attached hydrogens (tertiary/aromatic N) is 2. The molecule has 1 aliphatic rings. The predicted octanol–water partition coefficient (Wildman–Crippen LogP) is 2.41. The first kappa shape index (κ1) is 14.6. The highest BCUT2D eigenvalue weighted by atomic mass is 16.1. The first-order chi connectivity index (χ1) is 8.63. The number of hydrogen-bond acceptors (Lipinski definition) is 3. The maximum absolute atomic E-state index is 11.1. The molecule has 1 amide bonds. The fourth-order valence-corrected chi connectivity index (χ4v) is 2.16. The summed E-state index contributed by atoms with van der Waals surface area (Å²) in [6.07, 6.45) is 7.55. The average Bonchev–Trinajstić information content (AvgIpc) is 2.39. The molecule has 1 aliphatic carbocycles. The van der Waals surface area contributed by atoms with Crippen LogP contribution in [-0.4, -0.2) is 22.9 Å². The summed E-state index contributed by atoms with van der Waals surface area (Å²) in [5.41, 5.74) is 2.05. The summed E-state index contributed by atoms with van der Waals surface area (Å²) in [4.78, 5) is 18.9. The molecule has 0 radical (unpaired) electrons. The van der Waals surface area contributed by atoms with Crippen LogP contribution >= 0.6 is 0 Å². The van der Waals surface area contributed by atoms with Crippen molar-refractivity contribution in [2.45, 2.75) is 46.0 Å². The van der Waals surface area contributed by atoms with Crippen molar-refractivity contribution in [3.8, 4) is 0 Å². The molecule has 0 atom stereocenters. The van der Waals surface area contributed by atoms with Gasteiger partial charge in [0.05, 0.1) is 0 Å². The molecule has 4 heteroatoms. The summed E-state index contributed by atoms with van der Waals surface area (Å²) in [5, 5.41) is 2.70. The van der Waals surface area contributed by atoms with E-state index in [1.807, 2.05) is 19.9 Å². The Bertz CT molecular complexity index is 356. The van der Waals surface area contributed by atoms with Gasteiger partial charge in [-0.25, -0.2) is 9.97 Å². The molecule has 0 aliphatic heterocycles. The van der Waals surface area contributed by atoms with Crippen LogP contribution in [0.3, 0.4) is 0 Å². The van der Waals surface area contributed by atoms with Crippen LogP contribution in [0.15, 0.2) is 12.4 Å². The van der Waals surface area contributed by atoms with Crippen molar-refractivity contribution in [2.75, 3.05) is 7.05 Å². The second-order valence-corrected chi connectivity index (χ2v) is 4.75. The number of nitrogens with one attached hydrogen (secondary N) is 1. The Morgan fingerprint density at radius 3 is 2.11 bits per heavy atom. The molecule has 0 saturated heterocycles. The lowest BCUT2D eigenvalue weighted by molar-refractivity contribution is -0.125. The van der Waals surface area contributed by atoms with Gasteiger partial charge in [-0.3, -0.25) is 4.79 Å². The van der Waals surface area contributed by atoms with E-state index >= 15 is 0 Å². The number of carbonyl (C=O) groups excluding carboxylic acids is 1. The highest BCUT2D eigenvalue weighted by Gasteiger charge is 2.19. The summed E-state index contributed by atoms with van der Waals surface area (Å²) in [5.74, 6) is 0.554. The standard InChI is InChI=1S/C8H15NO.C6H8N2/c1-9-8(10)7-5-3-2-4-6-7;1-5-3-6(2)8-4-7-5/h7H,2-6H2,1H3,(H,9,10);3-4H,1-2H3. The van der Waals surface area contributed by atoms with Gasteiger partial charge < -0.3 is 5.32 Å². The second-order valence-electron chi connectivity index (χ2n) is 4.75. The van der Waals surface area contributed by atoms with E-state index in [0.717, 1.165) is 24.2 Å². The highest BCUT2D eigenvalue weighted by molar-refractivity contribution is 5.78. The van der Waals surface area contributed by atoms with Crippen LogP contribution in [0.1, 0.15) is 43.5 Å². The van der Waals surface area contributed by atoms with Gasteiger partial charge in [-0.05, 0) is 32.8 Å². The number of aromatic nitrogens is 2. The summed E-state index contributed by atoms with van der Waals surface area (Å²) in [6, 6.07) is 1.94. The minimum Gasteiger partial charge on any atom is -0.359 e. The van der Waals surface area contributed by atoms with Gasteiger partial charge in [0.2, 0.25) is 5.91 Å². The monoisotopic (exact) mass is 249 g/mol. The van der Waals surface area contributed by atoms with Gasteiger partial charge >= 0.3 is 0 Å². The maximum atomic E-state index is 11.1. The van der Waals surface area contributed by atoms with Crippen molar-refractivity contribution < 1.29 is 4.79 Å². The van der Waals surface area contributed by atoms with Crippen molar-refractivity contribution >= 4 is 5.91 Å². The van der Waals surface area contributed by atoms with Crippen molar-refractivity contribution in [3.63, 3.8) is 0 Å². The van der Waals surface area contributed by atoms with Crippen LogP contribution in [0.4, 0.5) is 0 Å². The van der Waals surface area contributed by atoms with Crippen molar-refractivity contribution in [2.24, 2.45) is 5.92 Å². The quantitative estimate of drug-likeness (QED) is 0.831. The van der Waals surface area contributed by atoms with Gasteiger partial charge in [-0.1, -0.05) is 19.3 Å². The predicted molar refractivity (Wildman–Crippen MR) is 72.1 cm³/mol. The van der Waals surface area contributed by atoms with Crippen LogP contribution in [0, 0.1) is 19.8 Å². The lowest BCUT2D eigenvalue weighted by atomic mass is 9.89. The molecule has 1 N–H and O–H groups in total. The van der Waals surface area contributed by atoms with Crippen LogP contribution in [0.25, 0.3) is 0 Å². The Kier molecular flexibility index (Phi) is 6.33. The molecule has 1 aromatic rings. The van der Waals surface area contributed by atoms with Crippen molar-refractivity contribution in [3.05, 3.63) is 23.8 Å². The largest absolute Gasteiger partial charge is 0.359 e. The third-order valence-corrected chi connectivity index (χ3v) is 3.16. The minimum absolute atomic E-state index is 0.236. The summed E-state index contributed by atoms with van der Waals surface area (Å²) >= 11 is 0. The molecule has 1 saturated carbocycles. The Morgan fingerprint density at radius 2 is 1.72 bits per heavy atom. The Morgan fingerprint density at radius 1 is 1.17 bits per heavy atom. The van der Waals surface area contributed by atoms with Gasteiger partial charge in [0, 0.05) is 24.4 Å². The van der Waals surface area contributed by atoms with Crippen LogP contribution in [0.5, 0.6) is 0 Å². The second kappa shape index (κ2) is 7.80. The number of aryl methyl sites for hydroxylation is 2. The molecule has 2 rings (SSSR count). The molecule has 18 heavy (non-hydrogen) atoms. The van der Waals surface area contributed by atoms with E-state index in [2.05, 4.69) is 15.3 Å². The van der Waals surface area contributed by atoms with Gasteiger partial charge in [-0.15, -0.1) is 0 Å². The topological polar surface area (TPSA) is 54.9 Å². The van der Waals surface area contributed by atoms with Gasteiger partial charge in [0.25, 0.3) is 0 Å². The zero-order chi connectivity index (χ0) is 13.4. The number of amides is 1. The molecule has 1 heterocycles. The van der Waals surface area contributed by atoms with E-state index in [-0.39, 0.29) is 5.91 Å². The van der Waals surface area contributed by atoms with E-state index < -0.39 is 0 Å². The first-order valence-corrected chi connectivity index (χ1v) is 6.60. The molecule has 1 fully saturated rings. The number of hydrogen-bond donors (Lipinski definition) is 1. The lowest BCUT2D eigenvalue weighted by Crippen LogP contribution is -2.28. The van der Waals surface area contributed by atoms with Crippen LogP contribution in [-0.2, 0) is 4.79 Å². The van der Waals surface area contributed by atoms with Gasteiger partial charge in [-0.2, -0.15) is 0 Å². The molecule has 1 aromatic heterocycles. The third-order valence-electron chi connectivity index (χ3n) is 3.16. The molecule has 100 valence electrons. The first-order valence-electron chi connectivity index (χ1n) is 6.60. The molecular formula is C14H23N3O. The fraction of sp³-hybridized carbons (Fsp3) is 0.643. The summed E-state index contributed by atoms with van der Waals surface area (Å²) in [6.45, 7) is 3.91. The van der Waals surface area contributed by atoms with E-state index in [1.54, 1.807) is 13.4 Å². The van der Waals surface area contributed by atoms with E-state index in [1.165, 1.54) is 19.3 Å². The summed E-state index contributed by atoms with van der Waals surface area (Å²) in [7, 11) is 1.72. The number of carbonyl (C=O) groups is 1. The fourth-order valence-electron chi connectivity index (χ4n) is 2.16. The number of rotatable bonds is 1. The highest BCUT2D eigenvalue weighted by Crippen LogP contribution is 2.23. The normalized spacial score (nSPS) is 15.5. The third kappa shape index (κ3) is 5.25. The smallest absolute Gasteiger partial charge is 0.222 e. The molecular weight excluding hydrogens is 226 g/mol. The van der Waals surface area contributed by atoms with Crippen molar-refractivity contribution in [1.82, 2.24) is 15.3 Å². The zero-order valence-corrected chi connectivity index (χ0v) is 11.6. The Balaban J connectivity index is 0.000000184. The minimum atomic E-state index is 0.236. The molecule has 0 unspecified atom stereocenters. The van der Waals surface area contributed by atoms with Gasteiger partial charge in [0.1, 0.15) is 6.33 Å². The van der Waals surface area contributed by atoms with Crippen LogP contribution < -0.4 is 5.32 Å².